The van der Waals surface area contributed by atoms with Gasteiger partial charge in [0, 0.05) is 49.5 Å². The third kappa shape index (κ3) is 5.40. The lowest BCUT2D eigenvalue weighted by atomic mass is 10.1. The number of nitrogens with one attached hydrogen (secondary N) is 1. The highest BCUT2D eigenvalue weighted by atomic mass is 35.5. The molecular weight excluding hydrogens is 490 g/mol. The van der Waals surface area contributed by atoms with E-state index in [0.717, 1.165) is 72.7 Å². The standard InChI is InChI=1S/C28H34ClN5O3/c1-19-23(29)6-4-7-24(19)33-14-12-32(13-15-33)11-5-10-30-28(35)27-20(2)34(21(3)31-27)22-8-9-25-26(18-22)37-17-16-36-25/h4,6-9,18H,5,10-17H2,1-3H3,(H,30,35). The number of carbonyl (C=O) groups is 1. The topological polar surface area (TPSA) is 71.9 Å². The summed E-state index contributed by atoms with van der Waals surface area (Å²) in [5.74, 6) is 2.07. The number of hydrogen-bond acceptors (Lipinski definition) is 6. The molecule has 0 bridgehead atoms. The Kier molecular flexibility index (Phi) is 7.58. The molecule has 3 aromatic rings. The van der Waals surface area contributed by atoms with Gasteiger partial charge in [-0.2, -0.15) is 0 Å². The molecule has 0 spiro atoms. The van der Waals surface area contributed by atoms with Crippen LogP contribution in [0, 0.1) is 20.8 Å². The summed E-state index contributed by atoms with van der Waals surface area (Å²) >= 11 is 6.31. The molecule has 1 N–H and O–H groups in total. The van der Waals surface area contributed by atoms with Gasteiger partial charge in [0.25, 0.3) is 5.91 Å². The van der Waals surface area contributed by atoms with Gasteiger partial charge in [-0.15, -0.1) is 0 Å². The lowest BCUT2D eigenvalue weighted by molar-refractivity contribution is 0.0946. The van der Waals surface area contributed by atoms with Gasteiger partial charge in [0.05, 0.1) is 11.4 Å². The molecule has 0 radical (unpaired) electrons. The summed E-state index contributed by atoms with van der Waals surface area (Å²) < 4.78 is 13.3. The number of fused-ring (bicyclic) bond motifs is 1. The van der Waals surface area contributed by atoms with Gasteiger partial charge in [-0.25, -0.2) is 4.98 Å². The highest BCUT2D eigenvalue weighted by molar-refractivity contribution is 6.31. The third-order valence-corrected chi connectivity index (χ3v) is 7.57. The number of amides is 1. The monoisotopic (exact) mass is 523 g/mol. The Bertz CT molecular complexity index is 1280. The number of rotatable bonds is 7. The number of nitrogens with zero attached hydrogens (tertiary/aromatic N) is 4. The Morgan fingerprint density at radius 1 is 1.03 bits per heavy atom. The van der Waals surface area contributed by atoms with Crippen LogP contribution in [-0.4, -0.2) is 72.8 Å². The number of hydrogen-bond donors (Lipinski definition) is 1. The summed E-state index contributed by atoms with van der Waals surface area (Å²) in [5, 5.41) is 3.88. The fraction of sp³-hybridized carbons (Fsp3) is 0.429. The van der Waals surface area contributed by atoms with E-state index in [1.165, 1.54) is 5.69 Å². The third-order valence-electron chi connectivity index (χ3n) is 7.16. The zero-order valence-corrected chi connectivity index (χ0v) is 22.5. The molecule has 9 heteroatoms. The Morgan fingerprint density at radius 3 is 2.57 bits per heavy atom. The minimum Gasteiger partial charge on any atom is -0.486 e. The molecule has 8 nitrogen and oxygen atoms in total. The molecule has 2 aliphatic heterocycles. The highest BCUT2D eigenvalue weighted by Gasteiger charge is 2.21. The summed E-state index contributed by atoms with van der Waals surface area (Å²) in [5.41, 5.74) is 4.53. The zero-order valence-electron chi connectivity index (χ0n) is 21.7. The zero-order chi connectivity index (χ0) is 25.9. The van der Waals surface area contributed by atoms with Crippen LogP contribution in [0.1, 0.15) is 34.0 Å². The van der Waals surface area contributed by atoms with Gasteiger partial charge >= 0.3 is 0 Å². The van der Waals surface area contributed by atoms with Crippen LogP contribution in [0.5, 0.6) is 11.5 Å². The molecule has 0 saturated carbocycles. The minimum atomic E-state index is -0.141. The first-order valence-corrected chi connectivity index (χ1v) is 13.3. The van der Waals surface area contributed by atoms with Gasteiger partial charge in [0.15, 0.2) is 11.5 Å². The molecule has 1 fully saturated rings. The molecular formula is C28H34ClN5O3. The summed E-state index contributed by atoms with van der Waals surface area (Å²) in [6.45, 7) is 12.5. The lowest BCUT2D eigenvalue weighted by Crippen LogP contribution is -2.47. The van der Waals surface area contributed by atoms with Gasteiger partial charge in [-0.3, -0.25) is 9.69 Å². The fourth-order valence-electron chi connectivity index (χ4n) is 5.15. The van der Waals surface area contributed by atoms with Crippen LogP contribution in [-0.2, 0) is 0 Å². The summed E-state index contributed by atoms with van der Waals surface area (Å²) in [7, 11) is 0. The number of aromatic nitrogens is 2. The van der Waals surface area contributed by atoms with Gasteiger partial charge in [0.1, 0.15) is 24.7 Å². The molecule has 0 unspecified atom stereocenters. The van der Waals surface area contributed by atoms with Crippen molar-refractivity contribution in [2.75, 3.05) is 57.4 Å². The van der Waals surface area contributed by atoms with Crippen molar-refractivity contribution >= 4 is 23.2 Å². The van der Waals surface area contributed by atoms with Crippen LogP contribution in [0.4, 0.5) is 5.69 Å². The number of imidazole rings is 1. The van der Waals surface area contributed by atoms with Crippen LogP contribution >= 0.6 is 11.6 Å². The van der Waals surface area contributed by atoms with Crippen molar-refractivity contribution in [3.63, 3.8) is 0 Å². The molecule has 0 atom stereocenters. The van der Waals surface area contributed by atoms with E-state index in [1.807, 2.05) is 48.7 Å². The molecule has 5 rings (SSSR count). The second kappa shape index (κ2) is 11.0. The molecule has 1 saturated heterocycles. The van der Waals surface area contributed by atoms with Crippen molar-refractivity contribution in [2.45, 2.75) is 27.2 Å². The number of aryl methyl sites for hydroxylation is 1. The summed E-state index contributed by atoms with van der Waals surface area (Å²) in [4.78, 5) is 22.4. The first-order valence-electron chi connectivity index (χ1n) is 12.9. The smallest absolute Gasteiger partial charge is 0.271 e. The minimum absolute atomic E-state index is 0.141. The number of piperazine rings is 1. The Hall–Kier alpha value is -3.23. The van der Waals surface area contributed by atoms with Gasteiger partial charge in [-0.1, -0.05) is 17.7 Å². The molecule has 1 amide bonds. The van der Waals surface area contributed by atoms with Crippen LogP contribution in [0.25, 0.3) is 5.69 Å². The first-order chi connectivity index (χ1) is 17.9. The van der Waals surface area contributed by atoms with Gasteiger partial charge in [0.2, 0.25) is 0 Å². The van der Waals surface area contributed by atoms with E-state index in [0.29, 0.717) is 31.2 Å². The Labute approximate surface area is 223 Å². The predicted octanol–water partition coefficient (Wildman–Crippen LogP) is 4.16. The molecule has 37 heavy (non-hydrogen) atoms. The van der Waals surface area contributed by atoms with E-state index in [9.17, 15) is 4.79 Å². The second-order valence-corrected chi connectivity index (χ2v) is 9.99. The molecule has 2 aliphatic rings. The van der Waals surface area contributed by atoms with E-state index in [1.54, 1.807) is 0 Å². The van der Waals surface area contributed by atoms with E-state index in [2.05, 4.69) is 33.1 Å². The average molecular weight is 524 g/mol. The maximum absolute atomic E-state index is 12.9. The first kappa shape index (κ1) is 25.4. The van der Waals surface area contributed by atoms with Crippen molar-refractivity contribution in [1.29, 1.82) is 0 Å². The van der Waals surface area contributed by atoms with E-state index < -0.39 is 0 Å². The molecule has 0 aliphatic carbocycles. The van der Waals surface area contributed by atoms with Gasteiger partial charge < -0.3 is 24.3 Å². The average Bonchev–Trinajstić information content (AvgIpc) is 3.22. The Morgan fingerprint density at radius 2 is 1.78 bits per heavy atom. The molecule has 2 aromatic carbocycles. The molecule has 196 valence electrons. The molecule has 1 aromatic heterocycles. The number of ether oxygens (including phenoxy) is 2. The Balaban J connectivity index is 1.12. The highest BCUT2D eigenvalue weighted by Crippen LogP contribution is 2.33. The van der Waals surface area contributed by atoms with Crippen LogP contribution in [0.2, 0.25) is 5.02 Å². The lowest BCUT2D eigenvalue weighted by Gasteiger charge is -2.37. The van der Waals surface area contributed by atoms with Crippen molar-refractivity contribution in [1.82, 2.24) is 19.8 Å². The number of carbonyl (C=O) groups excluding carboxylic acids is 1. The predicted molar refractivity (Wildman–Crippen MR) is 146 cm³/mol. The quantitative estimate of drug-likeness (QED) is 0.469. The maximum atomic E-state index is 12.9. The van der Waals surface area contributed by atoms with E-state index >= 15 is 0 Å². The van der Waals surface area contributed by atoms with Crippen molar-refractivity contribution in [3.8, 4) is 17.2 Å². The largest absolute Gasteiger partial charge is 0.486 e. The van der Waals surface area contributed by atoms with Crippen LogP contribution in [0.3, 0.4) is 0 Å². The number of halogens is 1. The van der Waals surface area contributed by atoms with Crippen LogP contribution < -0.4 is 19.7 Å². The molecule has 3 heterocycles. The summed E-state index contributed by atoms with van der Waals surface area (Å²) in [6.07, 6.45) is 0.892. The normalized spacial score (nSPS) is 15.6. The fourth-order valence-corrected chi connectivity index (χ4v) is 5.32. The maximum Gasteiger partial charge on any atom is 0.271 e. The van der Waals surface area contributed by atoms with Crippen molar-refractivity contribution in [3.05, 3.63) is 64.2 Å². The van der Waals surface area contributed by atoms with E-state index in [4.69, 9.17) is 21.1 Å². The van der Waals surface area contributed by atoms with Crippen LogP contribution in [0.15, 0.2) is 36.4 Å². The number of benzene rings is 2. The van der Waals surface area contributed by atoms with Gasteiger partial charge in [-0.05, 0) is 63.6 Å². The van der Waals surface area contributed by atoms with E-state index in [-0.39, 0.29) is 5.91 Å². The van der Waals surface area contributed by atoms with Crippen molar-refractivity contribution < 1.29 is 14.3 Å². The second-order valence-electron chi connectivity index (χ2n) is 9.58. The summed E-state index contributed by atoms with van der Waals surface area (Å²) in [6, 6.07) is 11.9. The number of anilines is 1. The van der Waals surface area contributed by atoms with Crippen molar-refractivity contribution in [2.24, 2.45) is 0 Å². The SMILES string of the molecule is Cc1c(Cl)cccc1N1CCN(CCCNC(=O)c2nc(C)n(-c3ccc4c(c3)OCCO4)c2C)CC1.